The summed E-state index contributed by atoms with van der Waals surface area (Å²) in [7, 11) is 1.43. The molecular formula is C17H27N3O5S. The van der Waals surface area contributed by atoms with Gasteiger partial charge in [0.25, 0.3) is 0 Å². The van der Waals surface area contributed by atoms with E-state index in [1.165, 1.54) is 25.1 Å². The van der Waals surface area contributed by atoms with Crippen molar-refractivity contribution in [1.82, 2.24) is 9.97 Å². The number of carbonyl (C=O) groups is 2. The molecule has 0 N–H and O–H groups in total. The van der Waals surface area contributed by atoms with E-state index in [0.717, 1.165) is 4.90 Å². The highest BCUT2D eigenvalue weighted by Gasteiger charge is 2.30. The third-order valence-corrected chi connectivity index (χ3v) is 3.26. The average molecular weight is 385 g/mol. The molecule has 1 aromatic rings. The Hall–Kier alpha value is -2.03. The maximum atomic E-state index is 12.7. The minimum Gasteiger partial charge on any atom is -0.479 e. The van der Waals surface area contributed by atoms with Gasteiger partial charge < -0.3 is 14.2 Å². The second kappa shape index (κ2) is 8.57. The molecule has 0 aliphatic heterocycles. The van der Waals surface area contributed by atoms with Crippen LogP contribution >= 0.6 is 11.8 Å². The first-order valence-electron chi connectivity index (χ1n) is 8.03. The fraction of sp³-hybridized carbons (Fsp3) is 0.647. The first kappa shape index (κ1) is 22.0. The van der Waals surface area contributed by atoms with Crippen LogP contribution in [0.15, 0.2) is 11.4 Å². The second-order valence-electron chi connectivity index (χ2n) is 7.40. The van der Waals surface area contributed by atoms with Crippen molar-refractivity contribution in [2.45, 2.75) is 57.9 Å². The van der Waals surface area contributed by atoms with Crippen molar-refractivity contribution < 1.29 is 23.8 Å². The fourth-order valence-electron chi connectivity index (χ4n) is 1.85. The fourth-order valence-corrected chi connectivity index (χ4v) is 2.18. The lowest BCUT2D eigenvalue weighted by Crippen LogP contribution is -2.42. The Bertz CT molecular complexity index is 653. The zero-order valence-electron chi connectivity index (χ0n) is 16.6. The molecule has 0 fully saturated rings. The Morgan fingerprint density at radius 3 is 2.15 bits per heavy atom. The minimum absolute atomic E-state index is 0.166. The summed E-state index contributed by atoms with van der Waals surface area (Å²) in [6.45, 7) is 10.1. The van der Waals surface area contributed by atoms with Crippen LogP contribution in [0, 0.1) is 0 Å². The van der Waals surface area contributed by atoms with E-state index < -0.39 is 23.3 Å². The summed E-state index contributed by atoms with van der Waals surface area (Å²) < 4.78 is 16.0. The van der Waals surface area contributed by atoms with Crippen LogP contribution in [0.4, 0.5) is 10.5 Å². The Kier molecular flexibility index (Phi) is 7.25. The second-order valence-corrected chi connectivity index (χ2v) is 8.18. The number of methoxy groups -OCH3 is 1. The number of thioether (sulfide) groups is 1. The molecule has 0 aromatic carbocycles. The lowest BCUT2D eigenvalue weighted by molar-refractivity contribution is -0.153. The van der Waals surface area contributed by atoms with Crippen LogP contribution in [0.5, 0.6) is 5.88 Å². The van der Waals surface area contributed by atoms with Gasteiger partial charge in [0.1, 0.15) is 23.4 Å². The molecule has 1 heterocycles. The summed E-state index contributed by atoms with van der Waals surface area (Å²) in [5, 5.41) is 0.479. The van der Waals surface area contributed by atoms with Gasteiger partial charge in [0.15, 0.2) is 5.16 Å². The topological polar surface area (TPSA) is 90.9 Å². The van der Waals surface area contributed by atoms with E-state index in [0.29, 0.717) is 5.16 Å². The normalized spacial score (nSPS) is 11.7. The molecule has 0 atom stereocenters. The molecule has 1 amide bonds. The van der Waals surface area contributed by atoms with E-state index in [4.69, 9.17) is 14.2 Å². The average Bonchev–Trinajstić information content (AvgIpc) is 2.48. The molecule has 0 aliphatic rings. The van der Waals surface area contributed by atoms with Crippen molar-refractivity contribution in [3.05, 3.63) is 6.20 Å². The summed E-state index contributed by atoms with van der Waals surface area (Å²) in [5.74, 6) is -0.418. The van der Waals surface area contributed by atoms with Crippen LogP contribution < -0.4 is 9.64 Å². The highest BCUT2D eigenvalue weighted by Crippen LogP contribution is 2.28. The van der Waals surface area contributed by atoms with Crippen molar-refractivity contribution in [2.24, 2.45) is 0 Å². The van der Waals surface area contributed by atoms with Crippen molar-refractivity contribution in [3.8, 4) is 5.88 Å². The quantitative estimate of drug-likeness (QED) is 0.433. The largest absolute Gasteiger partial charge is 0.479 e. The number of aromatic nitrogens is 2. The van der Waals surface area contributed by atoms with Crippen molar-refractivity contribution >= 4 is 29.5 Å². The van der Waals surface area contributed by atoms with E-state index in [2.05, 4.69) is 9.97 Å². The van der Waals surface area contributed by atoms with Gasteiger partial charge in [-0.15, -0.1) is 0 Å². The number of carbonyl (C=O) groups excluding carboxylic acids is 2. The number of nitrogens with zero attached hydrogens (tertiary/aromatic N) is 3. The van der Waals surface area contributed by atoms with Crippen LogP contribution in [-0.2, 0) is 14.3 Å². The van der Waals surface area contributed by atoms with E-state index in [-0.39, 0.29) is 18.1 Å². The number of hydrogen-bond acceptors (Lipinski definition) is 8. The van der Waals surface area contributed by atoms with Crippen LogP contribution in [0.25, 0.3) is 0 Å². The predicted octanol–water partition coefficient (Wildman–Crippen LogP) is 3.29. The zero-order valence-corrected chi connectivity index (χ0v) is 17.4. The number of amides is 1. The molecule has 1 rings (SSSR count). The lowest BCUT2D eigenvalue weighted by Gasteiger charge is -2.28. The van der Waals surface area contributed by atoms with E-state index in [1.807, 2.05) is 6.26 Å². The number of esters is 1. The molecule has 0 saturated heterocycles. The van der Waals surface area contributed by atoms with E-state index in [1.54, 1.807) is 41.5 Å². The molecule has 9 heteroatoms. The van der Waals surface area contributed by atoms with Gasteiger partial charge in [0.2, 0.25) is 5.88 Å². The molecule has 1 aromatic heterocycles. The minimum atomic E-state index is -0.740. The first-order chi connectivity index (χ1) is 11.9. The van der Waals surface area contributed by atoms with Gasteiger partial charge in [-0.2, -0.15) is 4.98 Å². The SMILES string of the molecule is COc1nc(SC)ncc1N(CC(=O)OC(C)(C)C)C(=O)OC(C)(C)C. The standard InChI is InChI=1S/C17H27N3O5S/c1-16(2,3)24-12(21)10-20(15(22)25-17(4,5)6)11-9-18-14(26-8)19-13(11)23-7/h9H,10H2,1-8H3. The maximum absolute atomic E-state index is 12.7. The van der Waals surface area contributed by atoms with E-state index in [9.17, 15) is 9.59 Å². The van der Waals surface area contributed by atoms with Crippen molar-refractivity contribution in [2.75, 3.05) is 24.8 Å². The molecule has 8 nitrogen and oxygen atoms in total. The smallest absolute Gasteiger partial charge is 0.415 e. The molecule has 0 radical (unpaired) electrons. The first-order valence-corrected chi connectivity index (χ1v) is 9.26. The van der Waals surface area contributed by atoms with Crippen molar-refractivity contribution in [3.63, 3.8) is 0 Å². The number of anilines is 1. The monoisotopic (exact) mass is 385 g/mol. The van der Waals surface area contributed by atoms with Gasteiger partial charge in [-0.05, 0) is 47.8 Å². The van der Waals surface area contributed by atoms with Crippen molar-refractivity contribution in [1.29, 1.82) is 0 Å². The van der Waals surface area contributed by atoms with Gasteiger partial charge in [0.05, 0.1) is 13.3 Å². The third kappa shape index (κ3) is 7.07. The van der Waals surface area contributed by atoms with Gasteiger partial charge in [0, 0.05) is 0 Å². The van der Waals surface area contributed by atoms with Gasteiger partial charge in [-0.1, -0.05) is 11.8 Å². The number of hydrogen-bond donors (Lipinski definition) is 0. The van der Waals surface area contributed by atoms with E-state index >= 15 is 0 Å². The molecule has 0 saturated carbocycles. The molecular weight excluding hydrogens is 358 g/mol. The highest BCUT2D eigenvalue weighted by molar-refractivity contribution is 7.98. The Morgan fingerprint density at radius 1 is 1.12 bits per heavy atom. The summed E-state index contributed by atoms with van der Waals surface area (Å²) in [5.41, 5.74) is -1.19. The third-order valence-electron chi connectivity index (χ3n) is 2.70. The highest BCUT2D eigenvalue weighted by atomic mass is 32.2. The molecule has 0 spiro atoms. The molecule has 0 unspecified atom stereocenters. The molecule has 0 bridgehead atoms. The van der Waals surface area contributed by atoms with Crippen LogP contribution in [0.2, 0.25) is 0 Å². The Balaban J connectivity index is 3.23. The number of rotatable bonds is 5. The summed E-state index contributed by atoms with van der Waals surface area (Å²) in [6.07, 6.45) is 2.52. The Morgan fingerprint density at radius 2 is 1.69 bits per heavy atom. The predicted molar refractivity (Wildman–Crippen MR) is 99.8 cm³/mol. The molecule has 26 heavy (non-hydrogen) atoms. The summed E-state index contributed by atoms with van der Waals surface area (Å²) in [4.78, 5) is 34.4. The number of ether oxygens (including phenoxy) is 3. The Labute approximate surface area is 158 Å². The summed E-state index contributed by atoms with van der Waals surface area (Å²) >= 11 is 1.33. The summed E-state index contributed by atoms with van der Waals surface area (Å²) in [6, 6.07) is 0. The maximum Gasteiger partial charge on any atom is 0.415 e. The lowest BCUT2D eigenvalue weighted by atomic mass is 10.2. The van der Waals surface area contributed by atoms with Crippen LogP contribution in [0.1, 0.15) is 41.5 Å². The van der Waals surface area contributed by atoms with Crippen LogP contribution in [-0.4, -0.2) is 53.1 Å². The zero-order chi connectivity index (χ0) is 20.1. The van der Waals surface area contributed by atoms with Gasteiger partial charge in [-0.3, -0.25) is 9.69 Å². The molecule has 146 valence electrons. The van der Waals surface area contributed by atoms with Gasteiger partial charge >= 0.3 is 12.1 Å². The molecule has 0 aliphatic carbocycles. The van der Waals surface area contributed by atoms with Crippen LogP contribution in [0.3, 0.4) is 0 Å². The van der Waals surface area contributed by atoms with Gasteiger partial charge in [-0.25, -0.2) is 9.78 Å².